The second kappa shape index (κ2) is 20.7. The molecule has 0 bridgehead atoms. The number of hydrogen-bond donors (Lipinski definition) is 0. The van der Waals surface area contributed by atoms with Gasteiger partial charge >= 0.3 is 11.9 Å². The summed E-state index contributed by atoms with van der Waals surface area (Å²) in [4.78, 5) is 70.6. The maximum absolute atomic E-state index is 15.4. The van der Waals surface area contributed by atoms with Crippen molar-refractivity contribution in [3.8, 4) is 11.5 Å². The summed E-state index contributed by atoms with van der Waals surface area (Å²) in [6.45, 7) is 11.9. The van der Waals surface area contributed by atoms with Crippen LogP contribution in [-0.2, 0) is 53.1 Å². The molecule has 0 radical (unpaired) electrons. The largest absolute Gasteiger partial charge is 0.494 e. The molecule has 19 heteroatoms. The lowest BCUT2D eigenvalue weighted by Gasteiger charge is -2.26. The number of rotatable bonds is 20. The Kier molecular flexibility index (Phi) is 14.8. The normalized spacial score (nSPS) is 13.3. The number of carbonyl (C=O) groups excluding carboxylic acids is 4. The first-order chi connectivity index (χ1) is 31.4. The summed E-state index contributed by atoms with van der Waals surface area (Å²) in [7, 11) is 4.07. The zero-order valence-corrected chi connectivity index (χ0v) is 38.5. The average molecular weight is 913 g/mol. The molecule has 2 aromatic carbocycles. The number of allylic oxidation sites excluding steroid dienone is 2. The Bertz CT molecular complexity index is 2780. The van der Waals surface area contributed by atoms with E-state index in [4.69, 9.17) is 33.7 Å². The van der Waals surface area contributed by atoms with Gasteiger partial charge in [0.15, 0.2) is 17.4 Å². The lowest BCUT2D eigenvalue weighted by molar-refractivity contribution is 0.0358. The number of fused-ring (bicyclic) bond motifs is 2. The number of Topliss-reactive ketones (excluding diaryl/α,β-unsaturated/α-hetero) is 2. The minimum atomic E-state index is -0.691. The summed E-state index contributed by atoms with van der Waals surface area (Å²) < 4.78 is 48.2. The quantitative estimate of drug-likeness (QED) is 0.0367. The fourth-order valence-electron chi connectivity index (χ4n) is 8.05. The number of carbonyl (C=O) groups is 4. The van der Waals surface area contributed by atoms with Crippen LogP contribution in [0.5, 0.6) is 11.5 Å². The fraction of sp³-hybridized carbons (Fsp3) is 0.435. The number of imidazole rings is 2. The molecule has 0 aliphatic carbocycles. The highest BCUT2D eigenvalue weighted by molar-refractivity contribution is 7.13. The van der Waals surface area contributed by atoms with Crippen molar-refractivity contribution < 1.29 is 47.3 Å². The van der Waals surface area contributed by atoms with Gasteiger partial charge in [-0.25, -0.2) is 28.9 Å². The number of ketones is 2. The summed E-state index contributed by atoms with van der Waals surface area (Å²) in [6.07, 6.45) is 4.71. The summed E-state index contributed by atoms with van der Waals surface area (Å²) in [6, 6.07) is 6.37. The third-order valence-electron chi connectivity index (χ3n) is 11.2. The molecule has 0 atom stereocenters. The standard InChI is InChI=1S/C46H53FN8O9S/c1-8-31-44(65-28(4)48-31)35(57)26-39-49-32-21-29(45(58)61-6)23-36(60-5)41(32)53(39)14-10-11-15-54-38(25-34(56)43-40(47)27(3)51-55(43)9-2)50-33-22-30(46(59)62-7)24-37(42(33)54)64-18-12-13-52-16-19-63-20-17-52/h10-11,21-24H,8-9,12-20,25-26H2,1-7H3/b11-10+. The lowest BCUT2D eigenvalue weighted by atomic mass is 10.1. The topological polar surface area (TPSA) is 184 Å². The highest BCUT2D eigenvalue weighted by atomic mass is 32.1. The van der Waals surface area contributed by atoms with Gasteiger partial charge in [-0.3, -0.25) is 19.2 Å². The highest BCUT2D eigenvalue weighted by Crippen LogP contribution is 2.33. The van der Waals surface area contributed by atoms with Crippen LogP contribution < -0.4 is 9.47 Å². The van der Waals surface area contributed by atoms with E-state index in [-0.39, 0.29) is 60.8 Å². The molecular formula is C46H53FN8O9S. The molecule has 1 saturated heterocycles. The summed E-state index contributed by atoms with van der Waals surface area (Å²) in [5.41, 5.74) is 3.05. The first-order valence-electron chi connectivity index (χ1n) is 21.5. The third kappa shape index (κ3) is 10.0. The van der Waals surface area contributed by atoms with Crippen LogP contribution in [0.25, 0.3) is 22.1 Å². The second-order valence-corrected chi connectivity index (χ2v) is 16.6. The predicted molar refractivity (Wildman–Crippen MR) is 240 cm³/mol. The molecule has 344 valence electrons. The van der Waals surface area contributed by atoms with Gasteiger partial charge in [0.25, 0.3) is 0 Å². The van der Waals surface area contributed by atoms with E-state index in [0.29, 0.717) is 82.8 Å². The maximum atomic E-state index is 15.4. The molecule has 6 aromatic rings. The monoisotopic (exact) mass is 912 g/mol. The Morgan fingerprint density at radius 2 is 1.40 bits per heavy atom. The number of esters is 2. The van der Waals surface area contributed by atoms with E-state index in [0.717, 1.165) is 30.3 Å². The molecule has 5 heterocycles. The van der Waals surface area contributed by atoms with Crippen molar-refractivity contribution in [3.05, 3.63) is 92.0 Å². The third-order valence-corrected chi connectivity index (χ3v) is 12.3. The van der Waals surface area contributed by atoms with Gasteiger partial charge in [-0.2, -0.15) is 5.10 Å². The summed E-state index contributed by atoms with van der Waals surface area (Å²) in [5, 5.41) is 5.00. The minimum absolute atomic E-state index is 0.0502. The minimum Gasteiger partial charge on any atom is -0.494 e. The molecular weight excluding hydrogens is 860 g/mol. The number of ether oxygens (including phenoxy) is 5. The van der Waals surface area contributed by atoms with Gasteiger partial charge in [-0.1, -0.05) is 19.1 Å². The molecule has 4 aromatic heterocycles. The number of aryl methyl sites for hydroxylation is 4. The van der Waals surface area contributed by atoms with E-state index in [2.05, 4.69) is 15.0 Å². The molecule has 65 heavy (non-hydrogen) atoms. The molecule has 0 saturated carbocycles. The number of benzene rings is 2. The molecule has 1 aliphatic rings. The average Bonchev–Trinajstić information content (AvgIpc) is 4.06. The number of methoxy groups -OCH3 is 3. The fourth-order valence-corrected chi connectivity index (χ4v) is 8.99. The maximum Gasteiger partial charge on any atom is 0.338 e. The van der Waals surface area contributed by atoms with E-state index in [1.807, 2.05) is 35.1 Å². The molecule has 0 spiro atoms. The van der Waals surface area contributed by atoms with Crippen molar-refractivity contribution in [2.75, 3.05) is 60.8 Å². The Labute approximate surface area is 379 Å². The number of hydrogen-bond acceptors (Lipinski definition) is 15. The first-order valence-corrected chi connectivity index (χ1v) is 22.3. The van der Waals surface area contributed by atoms with Crippen LogP contribution in [0, 0.1) is 19.7 Å². The first kappa shape index (κ1) is 46.7. The van der Waals surface area contributed by atoms with E-state index < -0.39 is 23.5 Å². The van der Waals surface area contributed by atoms with Crippen LogP contribution in [0.1, 0.15) is 89.2 Å². The number of halogens is 1. The smallest absolute Gasteiger partial charge is 0.338 e. The SMILES string of the molecule is CCc1nc(C)sc1C(=O)Cc1nc2cc(C(=O)OC)cc(OC)c2n1C/C=C/Cn1c(CC(=O)c2c(F)c(C)nn2CC)nc2cc(C(=O)OC)cc(OCCCN3CCOCC3)c21. The Balaban J connectivity index is 1.27. The van der Waals surface area contributed by atoms with Gasteiger partial charge in [-0.15, -0.1) is 11.3 Å². The Morgan fingerprint density at radius 1 is 0.815 bits per heavy atom. The zero-order chi connectivity index (χ0) is 46.4. The number of aromatic nitrogens is 7. The van der Waals surface area contributed by atoms with Gasteiger partial charge in [0.2, 0.25) is 0 Å². The zero-order valence-electron chi connectivity index (χ0n) is 37.7. The van der Waals surface area contributed by atoms with E-state index in [1.54, 1.807) is 31.2 Å². The van der Waals surface area contributed by atoms with Gasteiger partial charge in [0.05, 0.1) is 97.4 Å². The van der Waals surface area contributed by atoms with Crippen molar-refractivity contribution in [2.24, 2.45) is 0 Å². The van der Waals surface area contributed by atoms with E-state index in [9.17, 15) is 19.2 Å². The van der Waals surface area contributed by atoms with Gasteiger partial charge in [0.1, 0.15) is 39.9 Å². The number of nitrogens with zero attached hydrogens (tertiary/aromatic N) is 8. The van der Waals surface area contributed by atoms with Crippen LogP contribution in [-0.4, -0.2) is 123 Å². The van der Waals surface area contributed by atoms with Crippen LogP contribution in [0.2, 0.25) is 0 Å². The predicted octanol–water partition coefficient (Wildman–Crippen LogP) is 6.17. The molecule has 1 fully saturated rings. The molecule has 0 amide bonds. The molecule has 0 unspecified atom stereocenters. The van der Waals surface area contributed by atoms with E-state index >= 15 is 4.39 Å². The van der Waals surface area contributed by atoms with Gasteiger partial charge < -0.3 is 32.8 Å². The van der Waals surface area contributed by atoms with Crippen molar-refractivity contribution in [3.63, 3.8) is 0 Å². The summed E-state index contributed by atoms with van der Waals surface area (Å²) in [5.74, 6) is -1.04. The highest BCUT2D eigenvalue weighted by Gasteiger charge is 2.27. The van der Waals surface area contributed by atoms with Crippen molar-refractivity contribution in [2.45, 2.75) is 73.0 Å². The van der Waals surface area contributed by atoms with Crippen LogP contribution >= 0.6 is 11.3 Å². The Hall–Kier alpha value is -6.31. The lowest BCUT2D eigenvalue weighted by Crippen LogP contribution is -2.37. The van der Waals surface area contributed by atoms with Crippen LogP contribution in [0.3, 0.4) is 0 Å². The molecule has 0 N–H and O–H groups in total. The Morgan fingerprint density at radius 3 is 1.97 bits per heavy atom. The molecule has 1 aliphatic heterocycles. The number of morpholine rings is 1. The van der Waals surface area contributed by atoms with Crippen LogP contribution in [0.15, 0.2) is 36.4 Å². The summed E-state index contributed by atoms with van der Waals surface area (Å²) >= 11 is 1.34. The number of thiazole rings is 1. The van der Waals surface area contributed by atoms with Crippen molar-refractivity contribution in [1.82, 2.24) is 38.8 Å². The van der Waals surface area contributed by atoms with Crippen molar-refractivity contribution in [1.29, 1.82) is 0 Å². The molecule has 17 nitrogen and oxygen atoms in total. The van der Waals surface area contributed by atoms with Gasteiger partial charge in [-0.05, 0) is 57.9 Å². The van der Waals surface area contributed by atoms with Crippen molar-refractivity contribution >= 4 is 56.9 Å². The van der Waals surface area contributed by atoms with Gasteiger partial charge in [0, 0.05) is 39.3 Å². The molecule has 7 rings (SSSR count). The van der Waals surface area contributed by atoms with E-state index in [1.165, 1.54) is 44.3 Å². The second-order valence-electron chi connectivity index (χ2n) is 15.4. The van der Waals surface area contributed by atoms with Crippen LogP contribution in [0.4, 0.5) is 4.39 Å².